The van der Waals surface area contributed by atoms with Crippen LogP contribution >= 0.6 is 0 Å². The fourth-order valence-electron chi connectivity index (χ4n) is 1.90. The first-order valence-corrected chi connectivity index (χ1v) is 5.80. The zero-order chi connectivity index (χ0) is 14.3. The molecule has 0 saturated carbocycles. The largest absolute Gasteiger partial charge is 0.416 e. The van der Waals surface area contributed by atoms with Gasteiger partial charge < -0.3 is 0 Å². The molecule has 1 aromatic carbocycles. The normalized spacial score (nSPS) is 12.0. The third-order valence-corrected chi connectivity index (χ3v) is 2.97. The van der Waals surface area contributed by atoms with Gasteiger partial charge >= 0.3 is 6.18 Å². The quantitative estimate of drug-likeness (QED) is 0.687. The number of aromatic nitrogens is 4. The molecule has 7 heteroatoms. The van der Waals surface area contributed by atoms with Gasteiger partial charge in [0.15, 0.2) is 5.65 Å². The van der Waals surface area contributed by atoms with E-state index in [2.05, 4.69) is 15.2 Å². The number of hydrogen-bond donors (Lipinski definition) is 0. The Morgan fingerprint density at radius 2 is 1.75 bits per heavy atom. The van der Waals surface area contributed by atoms with Gasteiger partial charge in [-0.3, -0.25) is 9.38 Å². The molecule has 102 valence electrons. The smallest absolute Gasteiger partial charge is 0.283 e. The molecule has 0 radical (unpaired) electrons. The Labute approximate surface area is 111 Å². The summed E-state index contributed by atoms with van der Waals surface area (Å²) < 4.78 is 39.3. The second-order valence-electron chi connectivity index (χ2n) is 4.32. The van der Waals surface area contributed by atoms with Gasteiger partial charge in [-0.05, 0) is 19.1 Å². The molecule has 0 bridgehead atoms. The average Bonchev–Trinajstić information content (AvgIpc) is 2.79. The van der Waals surface area contributed by atoms with Crippen molar-refractivity contribution in [1.29, 1.82) is 0 Å². The van der Waals surface area contributed by atoms with Crippen LogP contribution in [0.4, 0.5) is 13.2 Å². The monoisotopic (exact) mass is 278 g/mol. The van der Waals surface area contributed by atoms with Crippen LogP contribution in [0.25, 0.3) is 16.9 Å². The van der Waals surface area contributed by atoms with E-state index in [1.807, 2.05) is 0 Å². The van der Waals surface area contributed by atoms with Gasteiger partial charge in [-0.1, -0.05) is 12.1 Å². The number of hydrogen-bond acceptors (Lipinski definition) is 3. The standard InChI is InChI=1S/C13H9F3N4/c1-8-18-19-12-6-17-11(7-20(8)12)9-2-4-10(5-3-9)13(14,15)16/h2-7H,1H3. The number of halogens is 3. The number of fused-ring (bicyclic) bond motifs is 1. The minimum Gasteiger partial charge on any atom is -0.283 e. The minimum atomic E-state index is -4.33. The van der Waals surface area contributed by atoms with E-state index in [0.29, 0.717) is 22.7 Å². The minimum absolute atomic E-state index is 0.564. The Bertz CT molecular complexity index is 759. The summed E-state index contributed by atoms with van der Waals surface area (Å²) >= 11 is 0. The Morgan fingerprint density at radius 3 is 2.40 bits per heavy atom. The summed E-state index contributed by atoms with van der Waals surface area (Å²) in [6.07, 6.45) is -1.10. The van der Waals surface area contributed by atoms with Crippen LogP contribution < -0.4 is 0 Å². The van der Waals surface area contributed by atoms with Gasteiger partial charge in [0, 0.05) is 11.8 Å². The summed E-state index contributed by atoms with van der Waals surface area (Å²) in [4.78, 5) is 4.18. The van der Waals surface area contributed by atoms with Gasteiger partial charge in [0.2, 0.25) is 0 Å². The molecule has 20 heavy (non-hydrogen) atoms. The Balaban J connectivity index is 2.04. The third-order valence-electron chi connectivity index (χ3n) is 2.97. The van der Waals surface area contributed by atoms with Crippen molar-refractivity contribution in [3.8, 4) is 11.3 Å². The summed E-state index contributed by atoms with van der Waals surface area (Å²) in [6.45, 7) is 1.79. The van der Waals surface area contributed by atoms with E-state index in [1.54, 1.807) is 17.5 Å². The molecule has 0 amide bonds. The summed E-state index contributed by atoms with van der Waals surface area (Å²) in [6, 6.07) is 4.88. The van der Waals surface area contributed by atoms with Crippen molar-refractivity contribution >= 4 is 5.65 Å². The van der Waals surface area contributed by atoms with E-state index in [4.69, 9.17) is 0 Å². The maximum atomic E-state index is 12.5. The van der Waals surface area contributed by atoms with Crippen LogP contribution in [0.5, 0.6) is 0 Å². The molecule has 0 aliphatic rings. The van der Waals surface area contributed by atoms with Crippen LogP contribution in [0.3, 0.4) is 0 Å². The van der Waals surface area contributed by atoms with E-state index in [-0.39, 0.29) is 0 Å². The van der Waals surface area contributed by atoms with Crippen molar-refractivity contribution in [1.82, 2.24) is 19.6 Å². The van der Waals surface area contributed by atoms with E-state index in [9.17, 15) is 13.2 Å². The molecule has 2 aromatic heterocycles. The zero-order valence-electron chi connectivity index (χ0n) is 10.4. The Hall–Kier alpha value is -2.44. The highest BCUT2D eigenvalue weighted by Crippen LogP contribution is 2.30. The third kappa shape index (κ3) is 2.11. The van der Waals surface area contributed by atoms with Gasteiger partial charge in [-0.15, -0.1) is 10.2 Å². The molecule has 0 aliphatic carbocycles. The molecule has 0 fully saturated rings. The van der Waals surface area contributed by atoms with Crippen molar-refractivity contribution in [2.24, 2.45) is 0 Å². The van der Waals surface area contributed by atoms with Gasteiger partial charge in [0.05, 0.1) is 17.5 Å². The highest BCUT2D eigenvalue weighted by Gasteiger charge is 2.30. The molecule has 3 rings (SSSR count). The van der Waals surface area contributed by atoms with E-state index in [1.165, 1.54) is 18.3 Å². The zero-order valence-corrected chi connectivity index (χ0v) is 10.4. The predicted octanol–water partition coefficient (Wildman–Crippen LogP) is 3.12. The topological polar surface area (TPSA) is 43.1 Å². The summed E-state index contributed by atoms with van der Waals surface area (Å²) in [5.74, 6) is 0.690. The van der Waals surface area contributed by atoms with Crippen LogP contribution in [0.15, 0.2) is 36.7 Å². The lowest BCUT2D eigenvalue weighted by Crippen LogP contribution is -2.04. The maximum absolute atomic E-state index is 12.5. The SMILES string of the molecule is Cc1nnc2cnc(-c3ccc(C(F)(F)F)cc3)cn12. The molecule has 0 spiro atoms. The van der Waals surface area contributed by atoms with Gasteiger partial charge in [-0.25, -0.2) is 0 Å². The first-order valence-electron chi connectivity index (χ1n) is 5.80. The van der Waals surface area contributed by atoms with Crippen LogP contribution in [-0.4, -0.2) is 19.6 Å². The van der Waals surface area contributed by atoms with E-state index >= 15 is 0 Å². The van der Waals surface area contributed by atoms with E-state index < -0.39 is 11.7 Å². The van der Waals surface area contributed by atoms with Crippen molar-refractivity contribution in [3.63, 3.8) is 0 Å². The van der Waals surface area contributed by atoms with Gasteiger partial charge in [-0.2, -0.15) is 13.2 Å². The van der Waals surface area contributed by atoms with Crippen LogP contribution in [0.2, 0.25) is 0 Å². The Morgan fingerprint density at radius 1 is 1.05 bits per heavy atom. The molecule has 4 nitrogen and oxygen atoms in total. The van der Waals surface area contributed by atoms with Crippen LogP contribution in [-0.2, 0) is 6.18 Å². The van der Waals surface area contributed by atoms with Crippen molar-refractivity contribution < 1.29 is 13.2 Å². The van der Waals surface area contributed by atoms with Gasteiger partial charge in [0.25, 0.3) is 0 Å². The lowest BCUT2D eigenvalue weighted by molar-refractivity contribution is -0.137. The second kappa shape index (κ2) is 4.29. The van der Waals surface area contributed by atoms with Crippen molar-refractivity contribution in [3.05, 3.63) is 48.0 Å². The summed E-state index contributed by atoms with van der Waals surface area (Å²) in [7, 11) is 0. The first kappa shape index (κ1) is 12.6. The van der Waals surface area contributed by atoms with Crippen LogP contribution in [0.1, 0.15) is 11.4 Å². The summed E-state index contributed by atoms with van der Waals surface area (Å²) in [5.41, 5.74) is 1.09. The van der Waals surface area contributed by atoms with E-state index in [0.717, 1.165) is 12.1 Å². The highest BCUT2D eigenvalue weighted by atomic mass is 19.4. The lowest BCUT2D eigenvalue weighted by Gasteiger charge is -2.07. The molecule has 0 atom stereocenters. The number of benzene rings is 1. The predicted molar refractivity (Wildman–Crippen MR) is 66.0 cm³/mol. The molecule has 2 heterocycles. The number of rotatable bonds is 1. The second-order valence-corrected chi connectivity index (χ2v) is 4.32. The Kier molecular flexibility index (Phi) is 2.70. The number of alkyl halides is 3. The lowest BCUT2D eigenvalue weighted by atomic mass is 10.1. The van der Waals surface area contributed by atoms with Crippen molar-refractivity contribution in [2.45, 2.75) is 13.1 Å². The molecule has 0 aliphatic heterocycles. The molecular formula is C13H9F3N4. The summed E-state index contributed by atoms with van der Waals surface area (Å²) in [5, 5.41) is 7.80. The highest BCUT2D eigenvalue weighted by molar-refractivity contribution is 5.60. The molecular weight excluding hydrogens is 269 g/mol. The van der Waals surface area contributed by atoms with Crippen LogP contribution in [0, 0.1) is 6.92 Å². The van der Waals surface area contributed by atoms with Crippen molar-refractivity contribution in [2.75, 3.05) is 0 Å². The number of aryl methyl sites for hydroxylation is 1. The maximum Gasteiger partial charge on any atom is 0.416 e. The fraction of sp³-hybridized carbons (Fsp3) is 0.154. The van der Waals surface area contributed by atoms with Gasteiger partial charge in [0.1, 0.15) is 5.82 Å². The molecule has 0 saturated heterocycles. The molecule has 0 unspecified atom stereocenters. The molecule has 3 aromatic rings. The fourth-order valence-corrected chi connectivity index (χ4v) is 1.90. The number of nitrogens with zero attached hydrogens (tertiary/aromatic N) is 4. The average molecular weight is 278 g/mol. The molecule has 0 N–H and O–H groups in total. The first-order chi connectivity index (χ1) is 9.45.